The first kappa shape index (κ1) is 14.0. The molecule has 12 heavy (non-hydrogen) atoms. The minimum atomic E-state index is 0.0351. The Morgan fingerprint density at radius 3 is 2.00 bits per heavy atom. The van der Waals surface area contributed by atoms with E-state index in [1.807, 2.05) is 6.92 Å². The highest BCUT2D eigenvalue weighted by atomic mass is 16.1. The number of nitrogens with one attached hydrogen (secondary N) is 2. The summed E-state index contributed by atoms with van der Waals surface area (Å²) in [4.78, 5) is 10.3. The van der Waals surface area contributed by atoms with E-state index in [2.05, 4.69) is 24.5 Å². The summed E-state index contributed by atoms with van der Waals surface area (Å²) in [5.74, 6) is 0.0351. The predicted octanol–water partition coefficient (Wildman–Crippen LogP) is 1.15. The van der Waals surface area contributed by atoms with Gasteiger partial charge >= 0.3 is 0 Å². The molecule has 0 spiro atoms. The Morgan fingerprint density at radius 1 is 1.17 bits per heavy atom. The molecule has 3 nitrogen and oxygen atoms in total. The van der Waals surface area contributed by atoms with E-state index in [1.54, 1.807) is 0 Å². The van der Waals surface area contributed by atoms with Gasteiger partial charge in [-0.2, -0.15) is 0 Å². The van der Waals surface area contributed by atoms with Crippen LogP contribution in [0.5, 0.6) is 0 Å². The van der Waals surface area contributed by atoms with E-state index >= 15 is 0 Å². The highest BCUT2D eigenvalue weighted by Crippen LogP contribution is 1.59. The first-order valence-electron chi connectivity index (χ1n) is 4.64. The molecule has 0 saturated heterocycles. The van der Waals surface area contributed by atoms with Gasteiger partial charge in [0.25, 0.3) is 0 Å². The fraction of sp³-hybridized carbons (Fsp3) is 0.889. The van der Waals surface area contributed by atoms with Gasteiger partial charge in [-0.05, 0) is 6.54 Å². The van der Waals surface area contributed by atoms with Crippen LogP contribution in [0.1, 0.15) is 34.1 Å². The van der Waals surface area contributed by atoms with Crippen molar-refractivity contribution in [2.75, 3.05) is 19.6 Å². The zero-order chi connectivity index (χ0) is 9.82. The average molecular weight is 174 g/mol. The van der Waals surface area contributed by atoms with Crippen molar-refractivity contribution in [2.45, 2.75) is 34.1 Å². The van der Waals surface area contributed by atoms with Crippen molar-refractivity contribution >= 4 is 5.91 Å². The summed E-state index contributed by atoms with van der Waals surface area (Å²) in [6, 6.07) is 0. The maximum Gasteiger partial charge on any atom is 0.216 e. The summed E-state index contributed by atoms with van der Waals surface area (Å²) in [6.45, 7) is 10.3. The maximum atomic E-state index is 10.3. The van der Waals surface area contributed by atoms with Gasteiger partial charge in [0.15, 0.2) is 0 Å². The fourth-order valence-electron chi connectivity index (χ4n) is 0.504. The second-order valence-electron chi connectivity index (χ2n) is 2.54. The van der Waals surface area contributed by atoms with Crippen LogP contribution in [-0.4, -0.2) is 25.5 Å². The van der Waals surface area contributed by atoms with Crippen molar-refractivity contribution in [1.29, 1.82) is 0 Å². The average Bonchev–Trinajstić information content (AvgIpc) is 1.99. The number of likely N-dealkylation sites (N-methyl/N-ethyl adjacent to an activating group) is 1. The Labute approximate surface area is 75.9 Å². The summed E-state index contributed by atoms with van der Waals surface area (Å²) < 4.78 is 0. The minimum Gasteiger partial charge on any atom is -0.355 e. The lowest BCUT2D eigenvalue weighted by molar-refractivity contribution is -0.118. The van der Waals surface area contributed by atoms with E-state index in [4.69, 9.17) is 0 Å². The molecule has 0 aromatic carbocycles. The summed E-state index contributed by atoms with van der Waals surface area (Å²) in [6.07, 6.45) is 1.25. The molecule has 0 fully saturated rings. The van der Waals surface area contributed by atoms with Crippen LogP contribution in [0.25, 0.3) is 0 Å². The van der Waals surface area contributed by atoms with Gasteiger partial charge in [0.05, 0.1) is 0 Å². The topological polar surface area (TPSA) is 41.1 Å². The molecule has 74 valence electrons. The molecule has 0 radical (unpaired) electrons. The molecular formula is C9H22N2O. The van der Waals surface area contributed by atoms with Gasteiger partial charge in [0, 0.05) is 20.0 Å². The lowest BCUT2D eigenvalue weighted by Gasteiger charge is -2.00. The molecule has 3 heteroatoms. The SMILES string of the molecule is CCC.CCNCCNC(C)=O. The van der Waals surface area contributed by atoms with Crippen molar-refractivity contribution in [3.63, 3.8) is 0 Å². The second-order valence-corrected chi connectivity index (χ2v) is 2.54. The molecule has 0 atom stereocenters. The van der Waals surface area contributed by atoms with Crippen LogP contribution in [0.2, 0.25) is 0 Å². The van der Waals surface area contributed by atoms with E-state index in [0.717, 1.165) is 19.6 Å². The van der Waals surface area contributed by atoms with Crippen LogP contribution in [0.3, 0.4) is 0 Å². The van der Waals surface area contributed by atoms with Crippen molar-refractivity contribution in [3.05, 3.63) is 0 Å². The fourth-order valence-corrected chi connectivity index (χ4v) is 0.504. The maximum absolute atomic E-state index is 10.3. The smallest absolute Gasteiger partial charge is 0.216 e. The summed E-state index contributed by atoms with van der Waals surface area (Å²) in [7, 11) is 0. The third kappa shape index (κ3) is 22.7. The molecule has 2 N–H and O–H groups in total. The van der Waals surface area contributed by atoms with Crippen LogP contribution < -0.4 is 10.6 Å². The van der Waals surface area contributed by atoms with Crippen LogP contribution in [0.15, 0.2) is 0 Å². The Kier molecular flexibility index (Phi) is 15.2. The predicted molar refractivity (Wildman–Crippen MR) is 53.2 cm³/mol. The van der Waals surface area contributed by atoms with Gasteiger partial charge < -0.3 is 10.6 Å². The molecule has 0 aromatic rings. The first-order chi connectivity index (χ1) is 5.68. The second kappa shape index (κ2) is 13.1. The van der Waals surface area contributed by atoms with Gasteiger partial charge in [-0.25, -0.2) is 0 Å². The van der Waals surface area contributed by atoms with Crippen LogP contribution >= 0.6 is 0 Å². The quantitative estimate of drug-likeness (QED) is 0.628. The van der Waals surface area contributed by atoms with E-state index in [1.165, 1.54) is 13.3 Å². The van der Waals surface area contributed by atoms with Crippen molar-refractivity contribution in [3.8, 4) is 0 Å². The largest absolute Gasteiger partial charge is 0.355 e. The van der Waals surface area contributed by atoms with Gasteiger partial charge in [-0.1, -0.05) is 27.2 Å². The molecule has 0 saturated carbocycles. The Balaban J connectivity index is 0. The van der Waals surface area contributed by atoms with Gasteiger partial charge in [0.2, 0.25) is 5.91 Å². The summed E-state index contributed by atoms with van der Waals surface area (Å²) in [5, 5.41) is 5.77. The van der Waals surface area contributed by atoms with E-state index < -0.39 is 0 Å². The van der Waals surface area contributed by atoms with E-state index in [-0.39, 0.29) is 5.91 Å². The lowest BCUT2D eigenvalue weighted by atomic mass is 10.5. The first-order valence-corrected chi connectivity index (χ1v) is 4.64. The van der Waals surface area contributed by atoms with E-state index in [9.17, 15) is 4.79 Å². The molecule has 1 amide bonds. The van der Waals surface area contributed by atoms with Crippen molar-refractivity contribution < 1.29 is 4.79 Å². The summed E-state index contributed by atoms with van der Waals surface area (Å²) in [5.41, 5.74) is 0. The van der Waals surface area contributed by atoms with Crippen molar-refractivity contribution in [1.82, 2.24) is 10.6 Å². The molecule has 0 aliphatic rings. The molecule has 0 heterocycles. The number of carbonyl (C=O) groups excluding carboxylic acids is 1. The zero-order valence-electron chi connectivity index (χ0n) is 8.74. The minimum absolute atomic E-state index is 0.0351. The molecule has 0 unspecified atom stereocenters. The standard InChI is InChI=1S/C6H14N2O.C3H8/c1-3-7-4-5-8-6(2)9;1-3-2/h7H,3-5H2,1-2H3,(H,8,9);3H2,1-2H3. The third-order valence-corrected chi connectivity index (χ3v) is 0.926. The summed E-state index contributed by atoms with van der Waals surface area (Å²) >= 11 is 0. The lowest BCUT2D eigenvalue weighted by Crippen LogP contribution is -2.29. The van der Waals surface area contributed by atoms with Gasteiger partial charge in [-0.15, -0.1) is 0 Å². The zero-order valence-corrected chi connectivity index (χ0v) is 8.74. The van der Waals surface area contributed by atoms with E-state index in [0.29, 0.717) is 0 Å². The number of hydrogen-bond donors (Lipinski definition) is 2. The highest BCUT2D eigenvalue weighted by molar-refractivity contribution is 5.72. The number of carbonyl (C=O) groups is 1. The molecule has 0 aromatic heterocycles. The van der Waals surface area contributed by atoms with Crippen LogP contribution in [0, 0.1) is 0 Å². The molecular weight excluding hydrogens is 152 g/mol. The van der Waals surface area contributed by atoms with Gasteiger partial charge in [-0.3, -0.25) is 4.79 Å². The Hall–Kier alpha value is -0.570. The number of rotatable bonds is 4. The molecule has 0 aliphatic carbocycles. The Bertz CT molecular complexity index is 94.5. The monoisotopic (exact) mass is 174 g/mol. The number of amides is 1. The van der Waals surface area contributed by atoms with Crippen LogP contribution in [0.4, 0.5) is 0 Å². The molecule has 0 rings (SSSR count). The molecule has 0 aliphatic heterocycles. The Morgan fingerprint density at radius 2 is 1.67 bits per heavy atom. The van der Waals surface area contributed by atoms with Crippen molar-refractivity contribution in [2.24, 2.45) is 0 Å². The normalized spacial score (nSPS) is 8.33. The number of hydrogen-bond acceptors (Lipinski definition) is 2. The highest BCUT2D eigenvalue weighted by Gasteiger charge is 1.86. The molecule has 0 bridgehead atoms. The third-order valence-electron chi connectivity index (χ3n) is 0.926. The van der Waals surface area contributed by atoms with Gasteiger partial charge in [0.1, 0.15) is 0 Å². The van der Waals surface area contributed by atoms with Crippen LogP contribution in [-0.2, 0) is 4.79 Å².